The van der Waals surface area contributed by atoms with Gasteiger partial charge in [-0.1, -0.05) is 0 Å². The number of likely N-dealkylation sites (N-methyl/N-ethyl adjacent to an activating group) is 1. The van der Waals surface area contributed by atoms with Gasteiger partial charge in [0, 0.05) is 18.5 Å². The monoisotopic (exact) mass is 244 g/mol. The Hall–Kier alpha value is -0.490. The minimum atomic E-state index is -0.433. The average molecular weight is 244 g/mol. The first kappa shape index (κ1) is 13.6. The summed E-state index contributed by atoms with van der Waals surface area (Å²) in [4.78, 5) is 7.79. The number of thiazole rings is 1. The van der Waals surface area contributed by atoms with Crippen molar-refractivity contribution < 1.29 is 9.84 Å². The number of rotatable bonds is 6. The van der Waals surface area contributed by atoms with Gasteiger partial charge in [0.1, 0.15) is 5.01 Å². The molecule has 5 heteroatoms. The molecule has 0 saturated heterocycles. The Labute approximate surface area is 101 Å². The number of aliphatic hydroxyl groups excluding tert-OH is 1. The first-order valence-electron chi connectivity index (χ1n) is 5.31. The van der Waals surface area contributed by atoms with Gasteiger partial charge >= 0.3 is 0 Å². The van der Waals surface area contributed by atoms with Gasteiger partial charge in [-0.2, -0.15) is 0 Å². The van der Waals surface area contributed by atoms with Crippen LogP contribution in [0.5, 0.6) is 0 Å². The van der Waals surface area contributed by atoms with Crippen molar-refractivity contribution >= 4 is 11.3 Å². The number of ether oxygens (including phenoxy) is 1. The third-order valence-electron chi connectivity index (χ3n) is 2.36. The quantitative estimate of drug-likeness (QED) is 0.817. The van der Waals surface area contributed by atoms with Gasteiger partial charge in [0.15, 0.2) is 0 Å². The molecule has 1 unspecified atom stereocenters. The summed E-state index contributed by atoms with van der Waals surface area (Å²) in [5, 5.41) is 10.7. The van der Waals surface area contributed by atoms with Crippen molar-refractivity contribution in [2.45, 2.75) is 26.5 Å². The molecule has 1 N–H and O–H groups in total. The van der Waals surface area contributed by atoms with E-state index in [1.54, 1.807) is 18.4 Å². The maximum Gasteiger partial charge on any atom is 0.107 e. The third-order valence-corrected chi connectivity index (χ3v) is 3.42. The maximum absolute atomic E-state index is 9.57. The Kier molecular flexibility index (Phi) is 5.34. The van der Waals surface area contributed by atoms with E-state index in [1.807, 2.05) is 14.0 Å². The van der Waals surface area contributed by atoms with Crippen molar-refractivity contribution in [3.63, 3.8) is 0 Å². The fourth-order valence-corrected chi connectivity index (χ4v) is 2.52. The molecule has 4 nitrogen and oxygen atoms in total. The molecule has 0 aromatic carbocycles. The van der Waals surface area contributed by atoms with E-state index >= 15 is 0 Å². The Morgan fingerprint density at radius 3 is 2.69 bits per heavy atom. The van der Waals surface area contributed by atoms with Crippen molar-refractivity contribution in [3.8, 4) is 0 Å². The SMILES string of the molecule is COCC(O)CN(C)Cc1nc(C)c(C)s1. The topological polar surface area (TPSA) is 45.6 Å². The zero-order valence-corrected chi connectivity index (χ0v) is 11.2. The highest BCUT2D eigenvalue weighted by molar-refractivity contribution is 7.11. The van der Waals surface area contributed by atoms with Crippen molar-refractivity contribution in [3.05, 3.63) is 15.6 Å². The first-order valence-corrected chi connectivity index (χ1v) is 6.13. The van der Waals surface area contributed by atoms with Crippen molar-refractivity contribution in [1.29, 1.82) is 0 Å². The summed E-state index contributed by atoms with van der Waals surface area (Å²) in [6, 6.07) is 0. The van der Waals surface area contributed by atoms with Crippen molar-refractivity contribution in [1.82, 2.24) is 9.88 Å². The molecule has 92 valence electrons. The van der Waals surface area contributed by atoms with Crippen LogP contribution in [0.2, 0.25) is 0 Å². The smallest absolute Gasteiger partial charge is 0.107 e. The second kappa shape index (κ2) is 6.30. The van der Waals surface area contributed by atoms with Gasteiger partial charge in [0.2, 0.25) is 0 Å². The highest BCUT2D eigenvalue weighted by Crippen LogP contribution is 2.17. The minimum Gasteiger partial charge on any atom is -0.389 e. The Balaban J connectivity index is 2.42. The number of hydrogen-bond donors (Lipinski definition) is 1. The molecule has 1 atom stereocenters. The molecule has 1 aromatic heterocycles. The highest BCUT2D eigenvalue weighted by Gasteiger charge is 2.10. The van der Waals surface area contributed by atoms with E-state index in [4.69, 9.17) is 4.74 Å². The van der Waals surface area contributed by atoms with Gasteiger partial charge in [0.05, 0.1) is 24.9 Å². The van der Waals surface area contributed by atoms with Crippen LogP contribution in [-0.2, 0) is 11.3 Å². The summed E-state index contributed by atoms with van der Waals surface area (Å²) < 4.78 is 4.89. The molecule has 16 heavy (non-hydrogen) atoms. The molecule has 0 aliphatic heterocycles. The lowest BCUT2D eigenvalue weighted by Gasteiger charge is -2.18. The number of methoxy groups -OCH3 is 1. The van der Waals surface area contributed by atoms with Crippen LogP contribution in [0.15, 0.2) is 0 Å². The summed E-state index contributed by atoms with van der Waals surface area (Å²) >= 11 is 1.72. The third kappa shape index (κ3) is 4.17. The van der Waals surface area contributed by atoms with Gasteiger partial charge in [-0.25, -0.2) is 4.98 Å². The number of aliphatic hydroxyl groups is 1. The van der Waals surface area contributed by atoms with E-state index in [1.165, 1.54) is 4.88 Å². The van der Waals surface area contributed by atoms with E-state index in [0.717, 1.165) is 17.2 Å². The van der Waals surface area contributed by atoms with Crippen molar-refractivity contribution in [2.24, 2.45) is 0 Å². The molecule has 0 saturated carbocycles. The molecule has 1 heterocycles. The van der Waals surface area contributed by atoms with E-state index in [0.29, 0.717) is 13.2 Å². The van der Waals surface area contributed by atoms with Gasteiger partial charge < -0.3 is 9.84 Å². The summed E-state index contributed by atoms with van der Waals surface area (Å²) in [6.07, 6.45) is -0.433. The molecular weight excluding hydrogens is 224 g/mol. The van der Waals surface area contributed by atoms with Crippen LogP contribution in [-0.4, -0.2) is 48.4 Å². The second-order valence-electron chi connectivity index (χ2n) is 4.06. The van der Waals surface area contributed by atoms with Gasteiger partial charge in [0.25, 0.3) is 0 Å². The fraction of sp³-hybridized carbons (Fsp3) is 0.727. The number of hydrogen-bond acceptors (Lipinski definition) is 5. The summed E-state index contributed by atoms with van der Waals surface area (Å²) in [6.45, 7) is 5.86. The number of aromatic nitrogens is 1. The molecule has 0 aliphatic rings. The van der Waals surface area contributed by atoms with Crippen LogP contribution in [0.4, 0.5) is 0 Å². The molecule has 0 bridgehead atoms. The normalized spacial score (nSPS) is 13.4. The molecule has 1 rings (SSSR count). The van der Waals surface area contributed by atoms with E-state index < -0.39 is 6.10 Å². The Morgan fingerprint density at radius 2 is 2.19 bits per heavy atom. The molecule has 0 spiro atoms. The molecule has 0 fully saturated rings. The molecule has 0 aliphatic carbocycles. The van der Waals surface area contributed by atoms with Crippen molar-refractivity contribution in [2.75, 3.05) is 27.3 Å². The molecule has 0 amide bonds. The predicted octanol–water partition coefficient (Wildman–Crippen LogP) is 1.20. The lowest BCUT2D eigenvalue weighted by Crippen LogP contribution is -2.31. The predicted molar refractivity (Wildman–Crippen MR) is 65.8 cm³/mol. The van der Waals surface area contributed by atoms with Crippen LogP contribution >= 0.6 is 11.3 Å². The zero-order chi connectivity index (χ0) is 12.1. The van der Waals surface area contributed by atoms with Crippen LogP contribution in [0.25, 0.3) is 0 Å². The van der Waals surface area contributed by atoms with E-state index in [2.05, 4.69) is 16.8 Å². The lowest BCUT2D eigenvalue weighted by molar-refractivity contribution is 0.0418. The highest BCUT2D eigenvalue weighted by atomic mass is 32.1. The first-order chi connectivity index (χ1) is 7.52. The number of nitrogens with zero attached hydrogens (tertiary/aromatic N) is 2. The van der Waals surface area contributed by atoms with Gasteiger partial charge in [-0.3, -0.25) is 4.90 Å². The largest absolute Gasteiger partial charge is 0.389 e. The summed E-state index contributed by atoms with van der Waals surface area (Å²) in [7, 11) is 3.57. The standard InChI is InChI=1S/C11H20N2O2S/c1-8-9(2)16-11(12-8)6-13(3)5-10(14)7-15-4/h10,14H,5-7H2,1-4H3. The molecule has 1 aromatic rings. The summed E-state index contributed by atoms with van der Waals surface area (Å²) in [5.41, 5.74) is 1.10. The van der Waals surface area contributed by atoms with Crippen LogP contribution < -0.4 is 0 Å². The second-order valence-corrected chi connectivity index (χ2v) is 5.34. The molecule has 0 radical (unpaired) electrons. The van der Waals surface area contributed by atoms with Crippen LogP contribution in [0.1, 0.15) is 15.6 Å². The average Bonchev–Trinajstić information content (AvgIpc) is 2.45. The van der Waals surface area contributed by atoms with Gasteiger partial charge in [-0.05, 0) is 20.9 Å². The van der Waals surface area contributed by atoms with Crippen LogP contribution in [0, 0.1) is 13.8 Å². The maximum atomic E-state index is 9.57. The fourth-order valence-electron chi connectivity index (χ4n) is 1.51. The van der Waals surface area contributed by atoms with E-state index in [-0.39, 0.29) is 0 Å². The Bertz CT molecular complexity index is 308. The lowest BCUT2D eigenvalue weighted by atomic mass is 10.3. The number of aryl methyl sites for hydroxylation is 2. The van der Waals surface area contributed by atoms with E-state index in [9.17, 15) is 5.11 Å². The molecular formula is C11H20N2O2S. The summed E-state index contributed by atoms with van der Waals surface area (Å²) in [5.74, 6) is 0. The van der Waals surface area contributed by atoms with Gasteiger partial charge in [-0.15, -0.1) is 11.3 Å². The minimum absolute atomic E-state index is 0.375. The Morgan fingerprint density at radius 1 is 1.50 bits per heavy atom. The van der Waals surface area contributed by atoms with Crippen LogP contribution in [0.3, 0.4) is 0 Å². The zero-order valence-electron chi connectivity index (χ0n) is 10.4.